The molecule has 0 aliphatic heterocycles. The highest BCUT2D eigenvalue weighted by Crippen LogP contribution is 2.16. The number of unbranched alkanes of at least 4 members (excludes halogenated alkanes) is 10. The number of hydrogen-bond acceptors (Lipinski definition) is 3. The zero-order chi connectivity index (χ0) is 19.0. The first-order valence-electron chi connectivity index (χ1n) is 10.6. The number of rotatable bonds is 18. The predicted molar refractivity (Wildman–Crippen MR) is 107 cm³/mol. The van der Waals surface area contributed by atoms with Gasteiger partial charge in [-0.15, -0.1) is 0 Å². The van der Waals surface area contributed by atoms with Crippen molar-refractivity contribution in [3.05, 3.63) is 0 Å². The summed E-state index contributed by atoms with van der Waals surface area (Å²) in [5.74, 6) is 0. The second kappa shape index (κ2) is 16.1. The molecule has 152 valence electrons. The van der Waals surface area contributed by atoms with E-state index < -0.39 is 15.4 Å². The minimum absolute atomic E-state index is 0.0897. The van der Waals surface area contributed by atoms with Crippen LogP contribution in [-0.4, -0.2) is 29.4 Å². The SMILES string of the molecule is CCCCC(O)CCCCCCCCCCCCC(CC)S(=O)(=O)O. The average Bonchev–Trinajstić information content (AvgIpc) is 2.56. The summed E-state index contributed by atoms with van der Waals surface area (Å²) in [7, 11) is -3.85. The van der Waals surface area contributed by atoms with Crippen LogP contribution in [-0.2, 0) is 10.1 Å². The first-order chi connectivity index (χ1) is 11.9. The average molecular weight is 379 g/mol. The third-order valence-electron chi connectivity index (χ3n) is 5.08. The minimum atomic E-state index is -3.85. The fourth-order valence-corrected chi connectivity index (χ4v) is 4.20. The lowest BCUT2D eigenvalue weighted by molar-refractivity contribution is 0.148. The van der Waals surface area contributed by atoms with Crippen LogP contribution < -0.4 is 0 Å². The van der Waals surface area contributed by atoms with Gasteiger partial charge in [-0.2, -0.15) is 8.42 Å². The van der Waals surface area contributed by atoms with E-state index in [0.717, 1.165) is 51.4 Å². The Morgan fingerprint density at radius 1 is 0.680 bits per heavy atom. The Bertz CT molecular complexity index is 381. The molecule has 0 aliphatic rings. The van der Waals surface area contributed by atoms with E-state index in [-0.39, 0.29) is 6.10 Å². The van der Waals surface area contributed by atoms with Gasteiger partial charge in [0.2, 0.25) is 0 Å². The third-order valence-corrected chi connectivity index (χ3v) is 6.49. The zero-order valence-corrected chi connectivity index (χ0v) is 17.4. The first kappa shape index (κ1) is 24.9. The summed E-state index contributed by atoms with van der Waals surface area (Å²) in [5, 5.41) is 9.20. The largest absolute Gasteiger partial charge is 0.393 e. The van der Waals surface area contributed by atoms with Crippen LogP contribution in [0.5, 0.6) is 0 Å². The monoisotopic (exact) mass is 378 g/mol. The van der Waals surface area contributed by atoms with E-state index in [1.807, 2.05) is 6.92 Å². The molecule has 2 atom stereocenters. The van der Waals surface area contributed by atoms with Gasteiger partial charge in [-0.3, -0.25) is 4.55 Å². The molecule has 25 heavy (non-hydrogen) atoms. The summed E-state index contributed by atoms with van der Waals surface area (Å²) in [5.41, 5.74) is 0. The number of hydrogen-bond donors (Lipinski definition) is 2. The molecule has 0 bridgehead atoms. The fraction of sp³-hybridized carbons (Fsp3) is 1.00. The molecule has 0 aliphatic carbocycles. The third kappa shape index (κ3) is 15.8. The predicted octanol–water partition coefficient (Wildman–Crippen LogP) is 5.89. The van der Waals surface area contributed by atoms with Gasteiger partial charge in [0.25, 0.3) is 10.1 Å². The van der Waals surface area contributed by atoms with Crippen molar-refractivity contribution in [3.63, 3.8) is 0 Å². The Hall–Kier alpha value is -0.130. The highest BCUT2D eigenvalue weighted by molar-refractivity contribution is 7.86. The highest BCUT2D eigenvalue weighted by atomic mass is 32.2. The van der Waals surface area contributed by atoms with Crippen LogP contribution in [0.1, 0.15) is 117 Å². The van der Waals surface area contributed by atoms with Crippen LogP contribution in [0.25, 0.3) is 0 Å². The Kier molecular flexibility index (Phi) is 16.0. The van der Waals surface area contributed by atoms with Gasteiger partial charge in [-0.05, 0) is 25.7 Å². The van der Waals surface area contributed by atoms with E-state index in [9.17, 15) is 13.5 Å². The maximum Gasteiger partial charge on any atom is 0.267 e. The fourth-order valence-electron chi connectivity index (χ4n) is 3.31. The molecule has 0 fully saturated rings. The lowest BCUT2D eigenvalue weighted by Gasteiger charge is -2.10. The molecule has 0 radical (unpaired) electrons. The molecule has 0 aromatic heterocycles. The van der Waals surface area contributed by atoms with Crippen molar-refractivity contribution in [2.75, 3.05) is 0 Å². The molecular weight excluding hydrogens is 336 g/mol. The second-order valence-electron chi connectivity index (χ2n) is 7.45. The maximum atomic E-state index is 11.1. The second-order valence-corrected chi connectivity index (χ2v) is 9.15. The summed E-state index contributed by atoms with van der Waals surface area (Å²) in [6, 6.07) is 0. The summed E-state index contributed by atoms with van der Waals surface area (Å²) in [6.07, 6.45) is 17.0. The molecule has 5 heteroatoms. The van der Waals surface area contributed by atoms with Gasteiger partial charge in [-0.1, -0.05) is 90.9 Å². The van der Waals surface area contributed by atoms with Crippen molar-refractivity contribution in [1.29, 1.82) is 0 Å². The smallest absolute Gasteiger partial charge is 0.267 e. The van der Waals surface area contributed by atoms with Gasteiger partial charge in [0.1, 0.15) is 0 Å². The maximum absolute atomic E-state index is 11.1. The van der Waals surface area contributed by atoms with Crippen LogP contribution in [0.2, 0.25) is 0 Å². The first-order valence-corrected chi connectivity index (χ1v) is 12.1. The standard InChI is InChI=1S/C20H42O4S/c1-3-5-16-19(21)17-14-12-10-8-6-7-9-11-13-15-18-20(4-2)25(22,23)24/h19-21H,3-18H2,1-2H3,(H,22,23,24). The summed E-state index contributed by atoms with van der Waals surface area (Å²) < 4.78 is 31.3. The van der Waals surface area contributed by atoms with Crippen LogP contribution in [0, 0.1) is 0 Å². The van der Waals surface area contributed by atoms with E-state index in [4.69, 9.17) is 4.55 Å². The Balaban J connectivity index is 3.32. The molecule has 0 saturated carbocycles. The molecular formula is C20H42O4S. The topological polar surface area (TPSA) is 74.6 Å². The van der Waals surface area contributed by atoms with Gasteiger partial charge >= 0.3 is 0 Å². The van der Waals surface area contributed by atoms with Crippen molar-refractivity contribution in [3.8, 4) is 0 Å². The van der Waals surface area contributed by atoms with Gasteiger partial charge in [0.05, 0.1) is 11.4 Å². The van der Waals surface area contributed by atoms with Crippen molar-refractivity contribution in [2.45, 2.75) is 128 Å². The summed E-state index contributed by atoms with van der Waals surface area (Å²) in [6.45, 7) is 3.97. The molecule has 0 amide bonds. The van der Waals surface area contributed by atoms with Crippen molar-refractivity contribution >= 4 is 10.1 Å². The lowest BCUT2D eigenvalue weighted by atomic mass is 10.0. The highest BCUT2D eigenvalue weighted by Gasteiger charge is 2.19. The zero-order valence-electron chi connectivity index (χ0n) is 16.6. The molecule has 0 spiro atoms. The molecule has 0 aromatic rings. The van der Waals surface area contributed by atoms with Gasteiger partial charge < -0.3 is 5.11 Å². The normalized spacial score (nSPS) is 14.6. The lowest BCUT2D eigenvalue weighted by Crippen LogP contribution is -2.19. The van der Waals surface area contributed by atoms with Gasteiger partial charge in [0.15, 0.2) is 0 Å². The number of aliphatic hydroxyl groups is 1. The summed E-state index contributed by atoms with van der Waals surface area (Å²) >= 11 is 0. The molecule has 2 unspecified atom stereocenters. The molecule has 0 heterocycles. The molecule has 0 rings (SSSR count). The van der Waals surface area contributed by atoms with Gasteiger partial charge in [-0.25, -0.2) is 0 Å². The van der Waals surface area contributed by atoms with E-state index in [1.165, 1.54) is 38.5 Å². The Morgan fingerprint density at radius 3 is 1.48 bits per heavy atom. The molecule has 0 aromatic carbocycles. The van der Waals surface area contributed by atoms with E-state index in [0.29, 0.717) is 12.8 Å². The van der Waals surface area contributed by atoms with E-state index in [1.54, 1.807) is 0 Å². The van der Waals surface area contributed by atoms with Crippen LogP contribution in [0.3, 0.4) is 0 Å². The Labute approximate surface area is 156 Å². The van der Waals surface area contributed by atoms with Gasteiger partial charge in [0, 0.05) is 0 Å². The number of aliphatic hydroxyl groups excluding tert-OH is 1. The molecule has 2 N–H and O–H groups in total. The van der Waals surface area contributed by atoms with Crippen molar-refractivity contribution in [2.24, 2.45) is 0 Å². The van der Waals surface area contributed by atoms with Crippen molar-refractivity contribution in [1.82, 2.24) is 0 Å². The van der Waals surface area contributed by atoms with Crippen LogP contribution in [0.15, 0.2) is 0 Å². The van der Waals surface area contributed by atoms with Crippen molar-refractivity contribution < 1.29 is 18.1 Å². The van der Waals surface area contributed by atoms with Crippen LogP contribution >= 0.6 is 0 Å². The molecule has 4 nitrogen and oxygen atoms in total. The Morgan fingerprint density at radius 2 is 1.08 bits per heavy atom. The van der Waals surface area contributed by atoms with E-state index >= 15 is 0 Å². The van der Waals surface area contributed by atoms with E-state index in [2.05, 4.69) is 6.92 Å². The quantitative estimate of drug-likeness (QED) is 0.230. The minimum Gasteiger partial charge on any atom is -0.393 e. The summed E-state index contributed by atoms with van der Waals surface area (Å²) in [4.78, 5) is 0. The molecule has 0 saturated heterocycles. The van der Waals surface area contributed by atoms with Crippen LogP contribution in [0.4, 0.5) is 0 Å².